The number of carbonyl (C=O) groups is 2. The summed E-state index contributed by atoms with van der Waals surface area (Å²) in [7, 11) is 0. The average molecular weight is 328 g/mol. The van der Waals surface area contributed by atoms with Crippen molar-refractivity contribution in [2.45, 2.75) is 32.1 Å². The molecule has 0 aliphatic rings. The molecule has 0 spiro atoms. The highest BCUT2D eigenvalue weighted by Gasteiger charge is 2.05. The van der Waals surface area contributed by atoms with Crippen molar-refractivity contribution in [1.29, 1.82) is 0 Å². The summed E-state index contributed by atoms with van der Waals surface area (Å²) in [4.78, 5) is 22.0. The van der Waals surface area contributed by atoms with E-state index in [9.17, 15) is 14.7 Å². The molecule has 3 N–H and O–H groups in total. The van der Waals surface area contributed by atoms with E-state index < -0.39 is 5.97 Å². The number of hydrazone groups is 1. The molecule has 0 fully saturated rings. The Bertz CT molecular complexity index is 756. The van der Waals surface area contributed by atoms with Gasteiger partial charge in [-0.2, -0.15) is 5.10 Å². The van der Waals surface area contributed by atoms with Crippen molar-refractivity contribution >= 4 is 28.9 Å². The predicted molar refractivity (Wildman–Crippen MR) is 92.1 cm³/mol. The van der Waals surface area contributed by atoms with E-state index in [4.69, 9.17) is 5.11 Å². The second kappa shape index (κ2) is 8.67. The Morgan fingerprint density at radius 2 is 1.79 bits per heavy atom. The summed E-state index contributed by atoms with van der Waals surface area (Å²) in [6.45, 7) is 0. The molecule has 0 bridgehead atoms. The fraction of sp³-hybridized carbons (Fsp3) is 0.278. The normalized spacial score (nSPS) is 11.0. The van der Waals surface area contributed by atoms with E-state index in [-0.39, 0.29) is 18.1 Å². The first-order chi connectivity index (χ1) is 11.6. The lowest BCUT2D eigenvalue weighted by Gasteiger charge is -2.05. The third kappa shape index (κ3) is 5.08. The number of carboxylic acids is 1. The zero-order valence-electron chi connectivity index (χ0n) is 13.2. The fourth-order valence-corrected chi connectivity index (χ4v) is 2.38. The lowest BCUT2D eigenvalue weighted by molar-refractivity contribution is -0.137. The van der Waals surface area contributed by atoms with Gasteiger partial charge in [0.2, 0.25) is 5.91 Å². The highest BCUT2D eigenvalue weighted by molar-refractivity contribution is 6.02. The maximum atomic E-state index is 11.7. The van der Waals surface area contributed by atoms with Gasteiger partial charge in [0.15, 0.2) is 0 Å². The largest absolute Gasteiger partial charge is 0.507 e. The van der Waals surface area contributed by atoms with E-state index in [1.165, 1.54) is 6.21 Å². The van der Waals surface area contributed by atoms with Gasteiger partial charge in [-0.05, 0) is 29.7 Å². The van der Waals surface area contributed by atoms with Gasteiger partial charge >= 0.3 is 5.97 Å². The van der Waals surface area contributed by atoms with Crippen LogP contribution in [0.5, 0.6) is 5.75 Å². The molecule has 0 aromatic heterocycles. The summed E-state index contributed by atoms with van der Waals surface area (Å²) in [5.41, 5.74) is 2.98. The Balaban J connectivity index is 1.87. The summed E-state index contributed by atoms with van der Waals surface area (Å²) >= 11 is 0. The quantitative estimate of drug-likeness (QED) is 0.394. The van der Waals surface area contributed by atoms with Gasteiger partial charge in [-0.25, -0.2) is 5.43 Å². The van der Waals surface area contributed by atoms with Gasteiger partial charge in [0.1, 0.15) is 5.75 Å². The Morgan fingerprint density at radius 3 is 2.58 bits per heavy atom. The molecule has 0 saturated carbocycles. The van der Waals surface area contributed by atoms with Gasteiger partial charge in [-0.15, -0.1) is 0 Å². The third-order valence-electron chi connectivity index (χ3n) is 3.63. The lowest BCUT2D eigenvalue weighted by atomic mass is 10.0. The zero-order valence-corrected chi connectivity index (χ0v) is 13.2. The van der Waals surface area contributed by atoms with Crippen LogP contribution in [0.15, 0.2) is 41.5 Å². The molecular formula is C18H20N2O4. The highest BCUT2D eigenvalue weighted by Crippen LogP contribution is 2.25. The number of benzene rings is 2. The van der Waals surface area contributed by atoms with E-state index >= 15 is 0 Å². The lowest BCUT2D eigenvalue weighted by Crippen LogP contribution is -2.17. The van der Waals surface area contributed by atoms with E-state index in [2.05, 4.69) is 10.5 Å². The number of rotatable bonds is 8. The Kier molecular flexibility index (Phi) is 6.31. The number of hydrogen-bond acceptors (Lipinski definition) is 4. The van der Waals surface area contributed by atoms with E-state index in [0.717, 1.165) is 10.8 Å². The minimum atomic E-state index is -0.820. The van der Waals surface area contributed by atoms with E-state index in [1.54, 1.807) is 6.07 Å². The van der Waals surface area contributed by atoms with Crippen LogP contribution in [0, 0.1) is 0 Å². The van der Waals surface area contributed by atoms with Crippen molar-refractivity contribution in [3.63, 3.8) is 0 Å². The number of aliphatic carboxylic acids is 1. The van der Waals surface area contributed by atoms with Crippen molar-refractivity contribution in [3.8, 4) is 5.75 Å². The smallest absolute Gasteiger partial charge is 0.303 e. The summed E-state index contributed by atoms with van der Waals surface area (Å²) in [6, 6.07) is 11.0. The molecule has 24 heavy (non-hydrogen) atoms. The Hall–Kier alpha value is -2.89. The minimum Gasteiger partial charge on any atom is -0.507 e. The Morgan fingerprint density at radius 1 is 1.04 bits per heavy atom. The van der Waals surface area contributed by atoms with Gasteiger partial charge in [0.05, 0.1) is 6.21 Å². The summed E-state index contributed by atoms with van der Waals surface area (Å²) in [5.74, 6) is -0.958. The molecule has 6 heteroatoms. The van der Waals surface area contributed by atoms with Gasteiger partial charge in [0.25, 0.3) is 0 Å². The van der Waals surface area contributed by atoms with E-state index in [0.29, 0.717) is 31.2 Å². The van der Waals surface area contributed by atoms with Crippen molar-refractivity contribution < 1.29 is 19.8 Å². The van der Waals surface area contributed by atoms with Crippen LogP contribution in [0.25, 0.3) is 10.8 Å². The van der Waals surface area contributed by atoms with Gasteiger partial charge in [-0.3, -0.25) is 9.59 Å². The topological polar surface area (TPSA) is 99.0 Å². The average Bonchev–Trinajstić information content (AvgIpc) is 2.56. The molecule has 2 aromatic carbocycles. The molecule has 0 radical (unpaired) electrons. The molecule has 2 aromatic rings. The highest BCUT2D eigenvalue weighted by atomic mass is 16.4. The molecule has 6 nitrogen and oxygen atoms in total. The van der Waals surface area contributed by atoms with Crippen molar-refractivity contribution in [1.82, 2.24) is 5.43 Å². The van der Waals surface area contributed by atoms with Crippen LogP contribution in [0.1, 0.15) is 37.7 Å². The SMILES string of the molecule is O=C(O)CCCCCC(=O)N/N=C/c1c(O)ccc2ccccc12. The van der Waals surface area contributed by atoms with E-state index in [1.807, 2.05) is 30.3 Å². The second-order valence-corrected chi connectivity index (χ2v) is 5.47. The number of phenols is 1. The maximum Gasteiger partial charge on any atom is 0.303 e. The molecule has 1 amide bonds. The van der Waals surface area contributed by atoms with Crippen molar-refractivity contribution in [2.24, 2.45) is 5.10 Å². The minimum absolute atomic E-state index is 0.0976. The summed E-state index contributed by atoms with van der Waals surface area (Å²) < 4.78 is 0. The molecule has 0 heterocycles. The number of unbranched alkanes of at least 4 members (excludes halogenated alkanes) is 2. The van der Waals surface area contributed by atoms with Crippen LogP contribution in [0.2, 0.25) is 0 Å². The zero-order chi connectivity index (χ0) is 17.4. The van der Waals surface area contributed by atoms with Gasteiger partial charge in [-0.1, -0.05) is 36.8 Å². The van der Waals surface area contributed by atoms with Crippen LogP contribution in [-0.2, 0) is 9.59 Å². The summed E-state index contributed by atoms with van der Waals surface area (Å²) in [5, 5.41) is 24.2. The number of nitrogens with one attached hydrogen (secondary N) is 1. The molecule has 126 valence electrons. The van der Waals surface area contributed by atoms with Crippen LogP contribution in [0.4, 0.5) is 0 Å². The first-order valence-electron chi connectivity index (χ1n) is 7.82. The van der Waals surface area contributed by atoms with Crippen LogP contribution < -0.4 is 5.43 Å². The number of phenolic OH excluding ortho intramolecular Hbond substituents is 1. The molecule has 0 aliphatic heterocycles. The molecule has 0 atom stereocenters. The monoisotopic (exact) mass is 328 g/mol. The predicted octanol–water partition coefficient (Wildman–Crippen LogP) is 3.03. The maximum absolute atomic E-state index is 11.7. The van der Waals surface area contributed by atoms with Crippen LogP contribution in [0.3, 0.4) is 0 Å². The third-order valence-corrected chi connectivity index (χ3v) is 3.63. The molecule has 0 aliphatic carbocycles. The number of aromatic hydroxyl groups is 1. The summed E-state index contributed by atoms with van der Waals surface area (Å²) in [6.07, 6.45) is 3.72. The van der Waals surface area contributed by atoms with Crippen LogP contribution in [-0.4, -0.2) is 28.3 Å². The molecular weight excluding hydrogens is 308 g/mol. The number of fused-ring (bicyclic) bond motifs is 1. The number of nitrogens with zero attached hydrogens (tertiary/aromatic N) is 1. The number of carbonyl (C=O) groups excluding carboxylic acids is 1. The first-order valence-corrected chi connectivity index (χ1v) is 7.82. The number of amides is 1. The molecule has 2 rings (SSSR count). The van der Waals surface area contributed by atoms with Gasteiger partial charge in [0, 0.05) is 18.4 Å². The van der Waals surface area contributed by atoms with Crippen LogP contribution >= 0.6 is 0 Å². The number of hydrogen-bond donors (Lipinski definition) is 3. The Labute approximate surface area is 139 Å². The first kappa shape index (κ1) is 17.5. The van der Waals surface area contributed by atoms with Gasteiger partial charge < -0.3 is 10.2 Å². The molecule has 0 saturated heterocycles. The molecule has 0 unspecified atom stereocenters. The second-order valence-electron chi connectivity index (χ2n) is 5.47. The van der Waals surface area contributed by atoms with Crippen molar-refractivity contribution in [3.05, 3.63) is 42.0 Å². The number of carboxylic acid groups (broad SMARTS) is 1. The standard InChI is InChI=1S/C18H20N2O4/c21-16-11-10-13-6-4-5-7-14(13)15(16)12-19-20-17(22)8-2-1-3-9-18(23)24/h4-7,10-12,21H,1-3,8-9H2,(H,20,22)(H,23,24)/b19-12+. The van der Waals surface area contributed by atoms with Crippen molar-refractivity contribution in [2.75, 3.05) is 0 Å². The fourth-order valence-electron chi connectivity index (χ4n) is 2.38.